The van der Waals surface area contributed by atoms with Crippen LogP contribution < -0.4 is 4.90 Å². The fourth-order valence-corrected chi connectivity index (χ4v) is 12.1. The molecule has 10 heteroatoms. The summed E-state index contributed by atoms with van der Waals surface area (Å²) in [5.74, 6) is 3.01. The maximum absolute atomic E-state index is 11.8. The van der Waals surface area contributed by atoms with Crippen molar-refractivity contribution in [2.24, 2.45) is 16.8 Å². The molecule has 320 valence electrons. The number of hydrogen-bond acceptors (Lipinski definition) is 8. The largest absolute Gasteiger partial charge is 0.478 e. The average Bonchev–Trinajstić information content (AvgIpc) is 3.65. The Morgan fingerprint density at radius 2 is 1.46 bits per heavy atom. The Kier molecular flexibility index (Phi) is 10.3. The quantitative estimate of drug-likeness (QED) is 0.147. The highest BCUT2D eigenvalue weighted by Crippen LogP contribution is 2.42. The Morgan fingerprint density at radius 3 is 2.19 bits per heavy atom. The van der Waals surface area contributed by atoms with E-state index in [1.165, 1.54) is 80.7 Å². The summed E-state index contributed by atoms with van der Waals surface area (Å²) in [6.45, 7) is 17.9. The van der Waals surface area contributed by atoms with Gasteiger partial charge < -0.3 is 19.8 Å². The summed E-state index contributed by atoms with van der Waals surface area (Å²) in [6.07, 6.45) is 2.83. The van der Waals surface area contributed by atoms with Gasteiger partial charge in [0.25, 0.3) is 0 Å². The summed E-state index contributed by atoms with van der Waals surface area (Å²) < 4.78 is 2.21. The van der Waals surface area contributed by atoms with E-state index in [0.717, 1.165) is 91.3 Å². The molecule has 6 heterocycles. The van der Waals surface area contributed by atoms with E-state index >= 15 is 0 Å². The van der Waals surface area contributed by atoms with Crippen molar-refractivity contribution >= 4 is 39.9 Å². The van der Waals surface area contributed by atoms with Crippen LogP contribution in [0, 0.1) is 32.6 Å². The van der Waals surface area contributed by atoms with E-state index < -0.39 is 5.97 Å². The number of carboxylic acids is 1. The maximum Gasteiger partial charge on any atom is 0.335 e. The first-order chi connectivity index (χ1) is 30.6. The number of aromatic carboxylic acids is 1. The molecule has 0 saturated carbocycles. The van der Waals surface area contributed by atoms with Gasteiger partial charge in [0, 0.05) is 85.9 Å². The minimum atomic E-state index is -0.868. The predicted molar refractivity (Wildman–Crippen MR) is 254 cm³/mol. The van der Waals surface area contributed by atoms with Gasteiger partial charge in [-0.3, -0.25) is 9.56 Å². The van der Waals surface area contributed by atoms with E-state index in [9.17, 15) is 9.90 Å². The molecule has 2 aromatic heterocycles. The molecule has 0 radical (unpaired) electrons. The second-order valence-corrected chi connectivity index (χ2v) is 20.0. The van der Waals surface area contributed by atoms with Gasteiger partial charge in [-0.05, 0) is 122 Å². The lowest BCUT2D eigenvalue weighted by molar-refractivity contribution is 0.0270. The Balaban J connectivity index is 0.667. The number of fused-ring (bicyclic) bond motifs is 4. The first kappa shape index (κ1) is 40.1. The lowest BCUT2D eigenvalue weighted by atomic mass is 9.85. The van der Waals surface area contributed by atoms with Crippen molar-refractivity contribution < 1.29 is 9.90 Å². The molecule has 3 saturated heterocycles. The first-order valence-electron chi connectivity index (χ1n) is 22.8. The van der Waals surface area contributed by atoms with Crippen molar-refractivity contribution in [1.82, 2.24) is 24.6 Å². The average molecular weight is 854 g/mol. The third kappa shape index (κ3) is 7.35. The standard InChI is InChI=1S/C53H55N7O2S/c1-32-34(3)63-52-48(32)50(54-33(2)51-56-55-35(4)60(51)52)41-17-20-45(21-18-41)59-28-37(29-59)27-57-24-36(25-57)26-58-30-44(31-58)38-13-15-40(16-14-38)49-46(39-9-6-5-7-10-39)12-8-11-42-23-43(53(61)62)19-22-47(42)49/h5-7,9-10,13-23,33,36-37,44H,8,11-12,24-31H2,1-4H3,(H,61,62)/t33-/m0/s1. The molecular formula is C53H55N7O2S. The molecule has 11 rings (SSSR count). The number of likely N-dealkylation sites (tertiary alicyclic amines) is 2. The number of anilines is 1. The minimum Gasteiger partial charge on any atom is -0.478 e. The number of aromatic nitrogens is 3. The van der Waals surface area contributed by atoms with Crippen molar-refractivity contribution in [3.8, 4) is 5.00 Å². The number of rotatable bonds is 10. The number of benzene rings is 4. The van der Waals surface area contributed by atoms with Gasteiger partial charge in [-0.2, -0.15) is 0 Å². The third-order valence-electron chi connectivity index (χ3n) is 14.4. The van der Waals surface area contributed by atoms with Crippen LogP contribution in [0.25, 0.3) is 16.1 Å². The summed E-state index contributed by atoms with van der Waals surface area (Å²) >= 11 is 1.81. The Morgan fingerprint density at radius 1 is 0.762 bits per heavy atom. The Labute approximate surface area is 374 Å². The van der Waals surface area contributed by atoms with Crippen LogP contribution >= 0.6 is 11.3 Å². The van der Waals surface area contributed by atoms with Crippen LogP contribution in [0.2, 0.25) is 0 Å². The van der Waals surface area contributed by atoms with Crippen LogP contribution in [0.5, 0.6) is 0 Å². The fourth-order valence-electron chi connectivity index (χ4n) is 10.9. The molecule has 0 spiro atoms. The van der Waals surface area contributed by atoms with Crippen molar-refractivity contribution in [2.45, 2.75) is 58.9 Å². The molecule has 5 aliphatic rings. The Bertz CT molecular complexity index is 2770. The van der Waals surface area contributed by atoms with Crippen molar-refractivity contribution in [1.29, 1.82) is 0 Å². The zero-order valence-corrected chi connectivity index (χ0v) is 37.5. The van der Waals surface area contributed by atoms with E-state index in [0.29, 0.717) is 11.5 Å². The molecule has 4 aromatic carbocycles. The van der Waals surface area contributed by atoms with Gasteiger partial charge in [0.05, 0.1) is 11.3 Å². The van der Waals surface area contributed by atoms with Gasteiger partial charge in [0.15, 0.2) is 5.82 Å². The van der Waals surface area contributed by atoms with Gasteiger partial charge in [0.1, 0.15) is 16.9 Å². The van der Waals surface area contributed by atoms with Crippen LogP contribution in [-0.2, 0) is 6.42 Å². The highest BCUT2D eigenvalue weighted by molar-refractivity contribution is 7.15. The third-order valence-corrected chi connectivity index (χ3v) is 15.6. The first-order valence-corrected chi connectivity index (χ1v) is 23.6. The number of carbonyl (C=O) groups is 1. The van der Waals surface area contributed by atoms with Crippen LogP contribution in [0.3, 0.4) is 0 Å². The fraction of sp³-hybridized carbons (Fsp3) is 0.358. The SMILES string of the molecule is Cc1sc2c(c1C)C(c1ccc(N3CC(CN4CC(CN5CC(c6ccc(C7=C(c8ccccc8)CCCc8cc(C(=O)O)ccc87)cc6)C5)C4)C3)cc1)=N[C@@H](C)c1nnc(C)n1-2. The molecule has 3 fully saturated rings. The monoisotopic (exact) mass is 853 g/mol. The summed E-state index contributed by atoms with van der Waals surface area (Å²) in [5.41, 5.74) is 15.1. The molecule has 0 bridgehead atoms. The van der Waals surface area contributed by atoms with Gasteiger partial charge in [-0.15, -0.1) is 21.5 Å². The summed E-state index contributed by atoms with van der Waals surface area (Å²) in [7, 11) is 0. The zero-order chi connectivity index (χ0) is 42.9. The number of allylic oxidation sites excluding steroid dienone is 1. The summed E-state index contributed by atoms with van der Waals surface area (Å²) in [5, 5.41) is 19.8. The van der Waals surface area contributed by atoms with Crippen molar-refractivity contribution in [3.05, 3.63) is 164 Å². The number of nitrogens with zero attached hydrogens (tertiary/aromatic N) is 7. The van der Waals surface area contributed by atoms with E-state index in [2.05, 4.69) is 129 Å². The maximum atomic E-state index is 11.8. The zero-order valence-electron chi connectivity index (χ0n) is 36.7. The van der Waals surface area contributed by atoms with Crippen LogP contribution in [0.4, 0.5) is 5.69 Å². The number of thiophene rings is 1. The topological polar surface area (TPSA) is 90.1 Å². The molecule has 1 aliphatic carbocycles. The highest BCUT2D eigenvalue weighted by Gasteiger charge is 2.37. The molecule has 0 amide bonds. The molecule has 63 heavy (non-hydrogen) atoms. The minimum absolute atomic E-state index is 0.0751. The van der Waals surface area contributed by atoms with E-state index in [1.807, 2.05) is 30.4 Å². The van der Waals surface area contributed by atoms with Crippen LogP contribution in [0.15, 0.2) is 102 Å². The van der Waals surface area contributed by atoms with Crippen LogP contribution in [0.1, 0.15) is 103 Å². The summed E-state index contributed by atoms with van der Waals surface area (Å²) in [6, 6.07) is 34.7. The molecule has 0 unspecified atom stereocenters. The van der Waals surface area contributed by atoms with E-state index in [-0.39, 0.29) is 6.04 Å². The van der Waals surface area contributed by atoms with Gasteiger partial charge in [0.2, 0.25) is 0 Å². The molecule has 4 aliphatic heterocycles. The number of hydrogen-bond donors (Lipinski definition) is 1. The van der Waals surface area contributed by atoms with Gasteiger partial charge in [-0.25, -0.2) is 4.79 Å². The predicted octanol–water partition coefficient (Wildman–Crippen LogP) is 9.63. The van der Waals surface area contributed by atoms with Gasteiger partial charge >= 0.3 is 5.97 Å². The summed E-state index contributed by atoms with van der Waals surface area (Å²) in [4.78, 5) is 26.2. The molecule has 1 atom stereocenters. The van der Waals surface area contributed by atoms with Crippen molar-refractivity contribution in [2.75, 3.05) is 57.3 Å². The van der Waals surface area contributed by atoms with E-state index in [1.54, 1.807) is 6.07 Å². The number of aryl methyl sites for hydroxylation is 3. The molecule has 9 nitrogen and oxygen atoms in total. The Hall–Kier alpha value is -5.68. The molecule has 1 N–H and O–H groups in total. The second-order valence-electron chi connectivity index (χ2n) is 18.7. The lowest BCUT2D eigenvalue weighted by Crippen LogP contribution is -2.59. The number of carboxylic acid groups (broad SMARTS) is 1. The molecule has 6 aromatic rings. The lowest BCUT2D eigenvalue weighted by Gasteiger charge is -2.49. The second kappa shape index (κ2) is 16.1. The van der Waals surface area contributed by atoms with Crippen molar-refractivity contribution in [3.63, 3.8) is 0 Å². The highest BCUT2D eigenvalue weighted by atomic mass is 32.1. The van der Waals surface area contributed by atoms with E-state index in [4.69, 9.17) is 4.99 Å². The smallest absolute Gasteiger partial charge is 0.335 e. The molecular weight excluding hydrogens is 799 g/mol. The number of aliphatic imine (C=N–C) groups is 1. The van der Waals surface area contributed by atoms with Gasteiger partial charge in [-0.1, -0.05) is 72.8 Å². The normalized spacial score (nSPS) is 19.6. The van der Waals surface area contributed by atoms with Crippen LogP contribution in [-0.4, -0.2) is 93.7 Å².